The van der Waals surface area contributed by atoms with E-state index >= 15 is 0 Å². The molecule has 1 atom stereocenters. The molecule has 0 saturated heterocycles. The van der Waals surface area contributed by atoms with Gasteiger partial charge in [0, 0.05) is 0 Å². The minimum atomic E-state index is -0.868. The molecule has 72 valence electrons. The molecule has 0 fully saturated rings. The van der Waals surface area contributed by atoms with Gasteiger partial charge < -0.3 is 10.8 Å². The number of aliphatic hydroxyl groups is 1. The zero-order valence-corrected chi connectivity index (χ0v) is 7.84. The molecule has 13 heavy (non-hydrogen) atoms. The third-order valence-electron chi connectivity index (χ3n) is 2.03. The van der Waals surface area contributed by atoms with Gasteiger partial charge in [-0.25, -0.2) is 4.39 Å². The largest absolute Gasteiger partial charge is 0.394 e. The van der Waals surface area contributed by atoms with Gasteiger partial charge in [0.15, 0.2) is 0 Å². The topological polar surface area (TPSA) is 46.2 Å². The van der Waals surface area contributed by atoms with Crippen LogP contribution < -0.4 is 5.73 Å². The van der Waals surface area contributed by atoms with E-state index in [1.165, 1.54) is 12.1 Å². The van der Waals surface area contributed by atoms with E-state index in [1.807, 2.05) is 0 Å². The average molecular weight is 183 g/mol. The van der Waals surface area contributed by atoms with Crippen LogP contribution in [-0.4, -0.2) is 11.7 Å². The molecular weight excluding hydrogens is 169 g/mol. The molecule has 0 aliphatic heterocycles. The Morgan fingerprint density at radius 2 is 2.08 bits per heavy atom. The van der Waals surface area contributed by atoms with Gasteiger partial charge in [-0.3, -0.25) is 0 Å². The maximum absolute atomic E-state index is 13.0. The third kappa shape index (κ3) is 2.26. The molecule has 0 bridgehead atoms. The highest BCUT2D eigenvalue weighted by atomic mass is 19.1. The summed E-state index contributed by atoms with van der Waals surface area (Å²) >= 11 is 0. The molecule has 1 aromatic rings. The summed E-state index contributed by atoms with van der Waals surface area (Å²) in [6.45, 7) is 3.26. The van der Waals surface area contributed by atoms with Crippen LogP contribution in [0.1, 0.15) is 18.1 Å². The molecule has 1 unspecified atom stereocenters. The maximum Gasteiger partial charge on any atom is 0.123 e. The second-order valence-corrected chi connectivity index (χ2v) is 3.59. The molecule has 1 rings (SSSR count). The number of benzene rings is 1. The molecule has 0 heterocycles. The third-order valence-corrected chi connectivity index (χ3v) is 2.03. The summed E-state index contributed by atoms with van der Waals surface area (Å²) in [5.74, 6) is -0.319. The van der Waals surface area contributed by atoms with Crippen LogP contribution in [0.3, 0.4) is 0 Å². The quantitative estimate of drug-likeness (QED) is 0.726. The van der Waals surface area contributed by atoms with Crippen LogP contribution >= 0.6 is 0 Å². The molecule has 2 nitrogen and oxygen atoms in total. The van der Waals surface area contributed by atoms with Gasteiger partial charge in [-0.1, -0.05) is 6.07 Å². The highest BCUT2D eigenvalue weighted by molar-refractivity contribution is 5.29. The van der Waals surface area contributed by atoms with E-state index < -0.39 is 5.54 Å². The average Bonchev–Trinajstić information content (AvgIpc) is 2.02. The molecule has 0 amide bonds. The second-order valence-electron chi connectivity index (χ2n) is 3.59. The molecule has 3 heteroatoms. The monoisotopic (exact) mass is 183 g/mol. The fourth-order valence-corrected chi connectivity index (χ4v) is 1.16. The van der Waals surface area contributed by atoms with Gasteiger partial charge >= 0.3 is 0 Å². The Kier molecular flexibility index (Phi) is 2.68. The Morgan fingerprint density at radius 1 is 1.46 bits per heavy atom. The van der Waals surface area contributed by atoms with Crippen molar-refractivity contribution in [3.63, 3.8) is 0 Å². The number of halogens is 1. The lowest BCUT2D eigenvalue weighted by Gasteiger charge is -2.22. The summed E-state index contributed by atoms with van der Waals surface area (Å²) in [5.41, 5.74) is 6.31. The number of aliphatic hydroxyl groups excluding tert-OH is 1. The van der Waals surface area contributed by atoms with Crippen molar-refractivity contribution in [1.29, 1.82) is 0 Å². The highest BCUT2D eigenvalue weighted by Crippen LogP contribution is 2.19. The normalized spacial score (nSPS) is 15.5. The summed E-state index contributed by atoms with van der Waals surface area (Å²) in [5, 5.41) is 8.98. The molecule has 0 aliphatic rings. The number of hydrogen-bond donors (Lipinski definition) is 2. The Balaban J connectivity index is 3.15. The zero-order valence-electron chi connectivity index (χ0n) is 7.84. The lowest BCUT2D eigenvalue weighted by molar-refractivity contribution is 0.209. The van der Waals surface area contributed by atoms with Crippen LogP contribution in [0, 0.1) is 12.7 Å². The minimum absolute atomic E-state index is 0.199. The summed E-state index contributed by atoms with van der Waals surface area (Å²) < 4.78 is 13.0. The van der Waals surface area contributed by atoms with Crippen molar-refractivity contribution in [1.82, 2.24) is 0 Å². The Morgan fingerprint density at radius 3 is 2.54 bits per heavy atom. The first kappa shape index (κ1) is 10.2. The predicted octanol–water partition coefficient (Wildman–Crippen LogP) is 1.30. The van der Waals surface area contributed by atoms with Gasteiger partial charge in [0.05, 0.1) is 12.1 Å². The zero-order chi connectivity index (χ0) is 10.1. The fraction of sp³-hybridized carbons (Fsp3) is 0.400. The SMILES string of the molecule is Cc1cc(F)cc(C(C)(N)CO)c1. The molecule has 0 radical (unpaired) electrons. The number of hydrogen-bond acceptors (Lipinski definition) is 2. The van der Waals surface area contributed by atoms with E-state index in [-0.39, 0.29) is 12.4 Å². The van der Waals surface area contributed by atoms with Crippen LogP contribution in [0.15, 0.2) is 18.2 Å². The summed E-state index contributed by atoms with van der Waals surface area (Å²) in [6.07, 6.45) is 0. The first-order chi connectivity index (χ1) is 5.95. The van der Waals surface area contributed by atoms with Crippen molar-refractivity contribution >= 4 is 0 Å². The van der Waals surface area contributed by atoms with Gasteiger partial charge in [-0.15, -0.1) is 0 Å². The summed E-state index contributed by atoms with van der Waals surface area (Å²) in [4.78, 5) is 0. The van der Waals surface area contributed by atoms with Crippen molar-refractivity contribution in [3.05, 3.63) is 35.1 Å². The van der Waals surface area contributed by atoms with E-state index in [2.05, 4.69) is 0 Å². The molecule has 0 spiro atoms. The number of nitrogens with two attached hydrogens (primary N) is 1. The van der Waals surface area contributed by atoms with E-state index in [0.717, 1.165) is 5.56 Å². The van der Waals surface area contributed by atoms with Gasteiger partial charge in [-0.2, -0.15) is 0 Å². The smallest absolute Gasteiger partial charge is 0.123 e. The predicted molar refractivity (Wildman–Crippen MR) is 49.8 cm³/mol. The van der Waals surface area contributed by atoms with E-state index in [0.29, 0.717) is 5.56 Å². The minimum Gasteiger partial charge on any atom is -0.394 e. The van der Waals surface area contributed by atoms with Crippen LogP contribution in [-0.2, 0) is 5.54 Å². The molecule has 0 aliphatic carbocycles. The Hall–Kier alpha value is -0.930. The standard InChI is InChI=1S/C10H14FNO/c1-7-3-8(5-9(11)4-7)10(2,12)6-13/h3-5,13H,6,12H2,1-2H3. The second kappa shape index (κ2) is 3.44. The van der Waals surface area contributed by atoms with Crippen molar-refractivity contribution in [2.75, 3.05) is 6.61 Å². The fourth-order valence-electron chi connectivity index (χ4n) is 1.16. The lowest BCUT2D eigenvalue weighted by Crippen LogP contribution is -2.37. The Bertz CT molecular complexity index is 290. The van der Waals surface area contributed by atoms with Gasteiger partial charge in [-0.05, 0) is 37.1 Å². The molecule has 0 aromatic heterocycles. The van der Waals surface area contributed by atoms with E-state index in [4.69, 9.17) is 10.8 Å². The van der Waals surface area contributed by atoms with Gasteiger partial charge in [0.2, 0.25) is 0 Å². The van der Waals surface area contributed by atoms with Crippen LogP contribution in [0.25, 0.3) is 0 Å². The van der Waals surface area contributed by atoms with Gasteiger partial charge in [0.1, 0.15) is 5.82 Å². The van der Waals surface area contributed by atoms with Crippen molar-refractivity contribution in [2.45, 2.75) is 19.4 Å². The summed E-state index contributed by atoms with van der Waals surface area (Å²) in [6, 6.07) is 4.56. The van der Waals surface area contributed by atoms with Crippen LogP contribution in [0.2, 0.25) is 0 Å². The number of rotatable bonds is 2. The Labute approximate surface area is 77.2 Å². The molecule has 3 N–H and O–H groups in total. The first-order valence-electron chi connectivity index (χ1n) is 4.13. The van der Waals surface area contributed by atoms with E-state index in [9.17, 15) is 4.39 Å². The van der Waals surface area contributed by atoms with Crippen molar-refractivity contribution in [3.8, 4) is 0 Å². The first-order valence-corrected chi connectivity index (χ1v) is 4.13. The molecular formula is C10H14FNO. The molecule has 1 aromatic carbocycles. The maximum atomic E-state index is 13.0. The number of aryl methyl sites for hydroxylation is 1. The molecule has 0 saturated carbocycles. The van der Waals surface area contributed by atoms with E-state index in [1.54, 1.807) is 19.9 Å². The lowest BCUT2D eigenvalue weighted by atomic mass is 9.93. The van der Waals surface area contributed by atoms with Gasteiger partial charge in [0.25, 0.3) is 0 Å². The van der Waals surface area contributed by atoms with Crippen LogP contribution in [0.4, 0.5) is 4.39 Å². The highest BCUT2D eigenvalue weighted by Gasteiger charge is 2.20. The van der Waals surface area contributed by atoms with Crippen molar-refractivity contribution < 1.29 is 9.50 Å². The van der Waals surface area contributed by atoms with Crippen molar-refractivity contribution in [2.24, 2.45) is 5.73 Å². The van der Waals surface area contributed by atoms with Crippen LogP contribution in [0.5, 0.6) is 0 Å². The summed E-state index contributed by atoms with van der Waals surface area (Å²) in [7, 11) is 0.